The minimum Gasteiger partial charge on any atom is -0.341 e. The quantitative estimate of drug-likeness (QED) is 0.699. The van der Waals surface area contributed by atoms with E-state index in [0.717, 1.165) is 25.9 Å². The Morgan fingerprint density at radius 1 is 1.33 bits per heavy atom. The summed E-state index contributed by atoms with van der Waals surface area (Å²) in [5.41, 5.74) is -0.815. The number of likely N-dealkylation sites (tertiary alicyclic amines) is 1. The Morgan fingerprint density at radius 3 is 2.27 bits per heavy atom. The van der Waals surface area contributed by atoms with Crippen molar-refractivity contribution in [3.63, 3.8) is 0 Å². The molecule has 0 aliphatic carbocycles. The van der Waals surface area contributed by atoms with E-state index >= 15 is 0 Å². The molecule has 1 fully saturated rings. The monoisotopic (exact) mass is 208 g/mol. The average Bonchev–Trinajstić information content (AvgIpc) is 2.55. The van der Waals surface area contributed by atoms with Crippen LogP contribution in [0.25, 0.3) is 0 Å². The molecule has 84 valence electrons. The van der Waals surface area contributed by atoms with E-state index < -0.39 is 5.41 Å². The van der Waals surface area contributed by atoms with Crippen LogP contribution in [0.1, 0.15) is 46.0 Å². The first-order chi connectivity index (χ1) is 7.14. The fourth-order valence-corrected chi connectivity index (χ4v) is 1.90. The zero-order chi connectivity index (χ0) is 11.3. The second kappa shape index (κ2) is 5.16. The van der Waals surface area contributed by atoms with E-state index in [2.05, 4.69) is 6.07 Å². The van der Waals surface area contributed by atoms with Crippen LogP contribution in [-0.4, -0.2) is 23.9 Å². The molecule has 0 aromatic carbocycles. The van der Waals surface area contributed by atoms with Gasteiger partial charge in [-0.25, -0.2) is 0 Å². The third-order valence-corrected chi connectivity index (χ3v) is 3.32. The van der Waals surface area contributed by atoms with Gasteiger partial charge in [-0.3, -0.25) is 4.79 Å². The maximum atomic E-state index is 12.1. The van der Waals surface area contributed by atoms with Gasteiger partial charge in [0.25, 0.3) is 0 Å². The van der Waals surface area contributed by atoms with Gasteiger partial charge in [0.05, 0.1) is 6.07 Å². The van der Waals surface area contributed by atoms with Crippen molar-refractivity contribution in [2.24, 2.45) is 5.41 Å². The topological polar surface area (TPSA) is 44.1 Å². The van der Waals surface area contributed by atoms with Crippen LogP contribution in [0.4, 0.5) is 0 Å². The number of carbonyl (C=O) groups excluding carboxylic acids is 1. The fourth-order valence-electron chi connectivity index (χ4n) is 1.90. The molecule has 0 aromatic heterocycles. The molecule has 1 heterocycles. The Morgan fingerprint density at radius 2 is 1.87 bits per heavy atom. The molecule has 1 aliphatic heterocycles. The van der Waals surface area contributed by atoms with Gasteiger partial charge in [0.1, 0.15) is 5.41 Å². The van der Waals surface area contributed by atoms with E-state index in [0.29, 0.717) is 6.42 Å². The standard InChI is InChI=1S/C12H20N2O/c1-3-12(2,10-13)11(15)14-8-6-4-5-7-9-14/h3-9H2,1-2H3. The number of rotatable bonds is 2. The molecule has 0 radical (unpaired) electrons. The number of hydrogen-bond donors (Lipinski definition) is 0. The van der Waals surface area contributed by atoms with Gasteiger partial charge < -0.3 is 4.90 Å². The molecule has 1 amide bonds. The third-order valence-electron chi connectivity index (χ3n) is 3.32. The summed E-state index contributed by atoms with van der Waals surface area (Å²) in [5, 5.41) is 9.06. The Bertz CT molecular complexity index is 261. The Hall–Kier alpha value is -1.04. The number of nitriles is 1. The van der Waals surface area contributed by atoms with Gasteiger partial charge in [-0.1, -0.05) is 19.8 Å². The van der Waals surface area contributed by atoms with E-state index in [1.54, 1.807) is 6.92 Å². The van der Waals surface area contributed by atoms with Crippen molar-refractivity contribution < 1.29 is 4.79 Å². The van der Waals surface area contributed by atoms with Crippen molar-refractivity contribution in [2.45, 2.75) is 46.0 Å². The molecule has 1 atom stereocenters. The van der Waals surface area contributed by atoms with Crippen LogP contribution in [0.3, 0.4) is 0 Å². The minimum atomic E-state index is -0.815. The van der Waals surface area contributed by atoms with Gasteiger partial charge >= 0.3 is 0 Å². The van der Waals surface area contributed by atoms with Crippen LogP contribution < -0.4 is 0 Å². The first-order valence-corrected chi connectivity index (χ1v) is 5.84. The lowest BCUT2D eigenvalue weighted by molar-refractivity contribution is -0.138. The van der Waals surface area contributed by atoms with Gasteiger partial charge in [-0.15, -0.1) is 0 Å². The molecule has 1 rings (SSSR count). The molecule has 1 unspecified atom stereocenters. The van der Waals surface area contributed by atoms with Crippen LogP contribution in [0.5, 0.6) is 0 Å². The summed E-state index contributed by atoms with van der Waals surface area (Å²) in [7, 11) is 0. The van der Waals surface area contributed by atoms with E-state index in [1.165, 1.54) is 12.8 Å². The largest absolute Gasteiger partial charge is 0.341 e. The summed E-state index contributed by atoms with van der Waals surface area (Å²) in [6, 6.07) is 2.15. The maximum absolute atomic E-state index is 12.1. The predicted molar refractivity (Wildman–Crippen MR) is 59.1 cm³/mol. The molecule has 0 bridgehead atoms. The van der Waals surface area contributed by atoms with Gasteiger partial charge in [0.2, 0.25) is 5.91 Å². The smallest absolute Gasteiger partial charge is 0.242 e. The molecule has 15 heavy (non-hydrogen) atoms. The zero-order valence-electron chi connectivity index (χ0n) is 9.75. The van der Waals surface area contributed by atoms with Gasteiger partial charge in [0.15, 0.2) is 0 Å². The van der Waals surface area contributed by atoms with Gasteiger partial charge in [0, 0.05) is 13.1 Å². The third kappa shape index (κ3) is 2.71. The summed E-state index contributed by atoms with van der Waals surface area (Å²) in [4.78, 5) is 14.0. The lowest BCUT2D eigenvalue weighted by Crippen LogP contribution is -2.42. The molecule has 3 nitrogen and oxygen atoms in total. The first-order valence-electron chi connectivity index (χ1n) is 5.84. The summed E-state index contributed by atoms with van der Waals surface area (Å²) in [6.45, 7) is 5.31. The molecule has 3 heteroatoms. The van der Waals surface area contributed by atoms with Crippen LogP contribution in [-0.2, 0) is 4.79 Å². The normalized spacial score (nSPS) is 21.3. The summed E-state index contributed by atoms with van der Waals surface area (Å²) < 4.78 is 0. The number of amides is 1. The Balaban J connectivity index is 2.69. The number of hydrogen-bond acceptors (Lipinski definition) is 2. The highest BCUT2D eigenvalue weighted by Crippen LogP contribution is 2.24. The molecule has 1 saturated heterocycles. The van der Waals surface area contributed by atoms with Crippen molar-refractivity contribution >= 4 is 5.91 Å². The van der Waals surface area contributed by atoms with E-state index in [4.69, 9.17) is 5.26 Å². The number of nitrogens with zero attached hydrogens (tertiary/aromatic N) is 2. The lowest BCUT2D eigenvalue weighted by Gasteiger charge is -2.28. The fraction of sp³-hybridized carbons (Fsp3) is 0.833. The highest BCUT2D eigenvalue weighted by molar-refractivity contribution is 5.85. The van der Waals surface area contributed by atoms with E-state index in [9.17, 15) is 4.79 Å². The summed E-state index contributed by atoms with van der Waals surface area (Å²) in [5.74, 6) is 0.0226. The van der Waals surface area contributed by atoms with Crippen molar-refractivity contribution in [2.75, 3.05) is 13.1 Å². The molecule has 0 N–H and O–H groups in total. The van der Waals surface area contributed by atoms with Crippen molar-refractivity contribution in [1.29, 1.82) is 5.26 Å². The van der Waals surface area contributed by atoms with Crippen LogP contribution >= 0.6 is 0 Å². The first kappa shape index (κ1) is 12.0. The molecule has 0 spiro atoms. The summed E-state index contributed by atoms with van der Waals surface area (Å²) in [6.07, 6.45) is 5.17. The Kier molecular flexibility index (Phi) is 4.14. The maximum Gasteiger partial charge on any atom is 0.242 e. The SMILES string of the molecule is CCC(C)(C#N)C(=O)N1CCCCCC1. The molecular weight excluding hydrogens is 188 g/mol. The molecule has 0 saturated carbocycles. The van der Waals surface area contributed by atoms with Gasteiger partial charge in [-0.2, -0.15) is 5.26 Å². The van der Waals surface area contributed by atoms with Crippen molar-refractivity contribution in [3.05, 3.63) is 0 Å². The zero-order valence-corrected chi connectivity index (χ0v) is 9.75. The molecule has 1 aliphatic rings. The predicted octanol–water partition coefficient (Wildman–Crippen LogP) is 2.33. The second-order valence-electron chi connectivity index (χ2n) is 4.50. The highest BCUT2D eigenvalue weighted by Gasteiger charge is 2.35. The average molecular weight is 208 g/mol. The minimum absolute atomic E-state index is 0.0226. The van der Waals surface area contributed by atoms with Crippen LogP contribution in [0.2, 0.25) is 0 Å². The molecule has 0 aromatic rings. The van der Waals surface area contributed by atoms with Crippen LogP contribution in [0, 0.1) is 16.7 Å². The van der Waals surface area contributed by atoms with E-state index in [1.807, 2.05) is 11.8 Å². The lowest BCUT2D eigenvalue weighted by atomic mass is 9.87. The Labute approximate surface area is 92.1 Å². The van der Waals surface area contributed by atoms with E-state index in [-0.39, 0.29) is 5.91 Å². The van der Waals surface area contributed by atoms with Crippen molar-refractivity contribution in [3.8, 4) is 6.07 Å². The highest BCUT2D eigenvalue weighted by atomic mass is 16.2. The van der Waals surface area contributed by atoms with Crippen molar-refractivity contribution in [1.82, 2.24) is 4.90 Å². The number of carbonyl (C=O) groups is 1. The van der Waals surface area contributed by atoms with Crippen LogP contribution in [0.15, 0.2) is 0 Å². The summed E-state index contributed by atoms with van der Waals surface area (Å²) >= 11 is 0. The van der Waals surface area contributed by atoms with Gasteiger partial charge in [-0.05, 0) is 26.2 Å². The molecular formula is C12H20N2O. The second-order valence-corrected chi connectivity index (χ2v) is 4.50.